The third-order valence-corrected chi connectivity index (χ3v) is 4.42. The molecule has 0 saturated carbocycles. The summed E-state index contributed by atoms with van der Waals surface area (Å²) in [6, 6.07) is 0.461. The first-order valence-corrected chi connectivity index (χ1v) is 7.20. The predicted molar refractivity (Wildman–Crippen MR) is 70.6 cm³/mol. The Morgan fingerprint density at radius 3 is 2.72 bits per heavy atom. The van der Waals surface area contributed by atoms with E-state index < -0.39 is 5.60 Å². The molecular weight excluding hydrogens is 230 g/mol. The number of nitrogens with one attached hydrogen (secondary N) is 1. The first-order valence-electron chi connectivity index (χ1n) is 7.20. The van der Waals surface area contributed by atoms with Crippen LogP contribution in [0.4, 0.5) is 0 Å². The van der Waals surface area contributed by atoms with Crippen LogP contribution in [0.25, 0.3) is 0 Å². The number of hydrogen-bond donors (Lipinski definition) is 2. The monoisotopic (exact) mass is 257 g/mol. The maximum atomic E-state index is 10.4. The molecule has 4 atom stereocenters. The van der Waals surface area contributed by atoms with Gasteiger partial charge < -0.3 is 19.9 Å². The van der Waals surface area contributed by atoms with Crippen LogP contribution in [0.1, 0.15) is 40.0 Å². The van der Waals surface area contributed by atoms with Crippen molar-refractivity contribution < 1.29 is 14.6 Å². The lowest BCUT2D eigenvalue weighted by Gasteiger charge is -2.35. The van der Waals surface area contributed by atoms with Crippen LogP contribution >= 0.6 is 0 Å². The van der Waals surface area contributed by atoms with Crippen LogP contribution in [0.15, 0.2) is 0 Å². The van der Waals surface area contributed by atoms with E-state index in [9.17, 15) is 5.11 Å². The second-order valence-corrected chi connectivity index (χ2v) is 6.12. The average Bonchev–Trinajstić information content (AvgIpc) is 2.68. The van der Waals surface area contributed by atoms with Crippen molar-refractivity contribution in [3.8, 4) is 0 Å². The molecule has 0 radical (unpaired) electrons. The summed E-state index contributed by atoms with van der Waals surface area (Å²) in [4.78, 5) is 0. The van der Waals surface area contributed by atoms with Crippen molar-refractivity contribution in [3.63, 3.8) is 0 Å². The van der Waals surface area contributed by atoms with Crippen LogP contribution in [0.3, 0.4) is 0 Å². The summed E-state index contributed by atoms with van der Waals surface area (Å²) in [5, 5.41) is 14.0. The average molecular weight is 257 g/mol. The van der Waals surface area contributed by atoms with Gasteiger partial charge in [-0.1, -0.05) is 13.8 Å². The lowest BCUT2D eigenvalue weighted by Crippen LogP contribution is -2.50. The van der Waals surface area contributed by atoms with Gasteiger partial charge in [0.2, 0.25) is 0 Å². The fraction of sp³-hybridized carbons (Fsp3) is 1.00. The Balaban J connectivity index is 1.79. The SMILES string of the molecule is CC(C)C1CC(NCC2(O)CCOC2C)CCO1. The molecule has 0 bridgehead atoms. The van der Waals surface area contributed by atoms with E-state index in [0.717, 1.165) is 25.9 Å². The minimum atomic E-state index is -0.689. The Morgan fingerprint density at radius 2 is 2.11 bits per heavy atom. The highest BCUT2D eigenvalue weighted by Gasteiger charge is 2.40. The number of aliphatic hydroxyl groups is 1. The van der Waals surface area contributed by atoms with Gasteiger partial charge in [-0.3, -0.25) is 0 Å². The normalized spacial score (nSPS) is 41.5. The molecule has 0 aromatic rings. The quantitative estimate of drug-likeness (QED) is 0.797. The van der Waals surface area contributed by atoms with Crippen molar-refractivity contribution in [3.05, 3.63) is 0 Å². The number of ether oxygens (including phenoxy) is 2. The summed E-state index contributed by atoms with van der Waals surface area (Å²) in [6.07, 6.45) is 3.10. The third-order valence-electron chi connectivity index (χ3n) is 4.42. The van der Waals surface area contributed by atoms with Crippen LogP contribution in [0, 0.1) is 5.92 Å². The van der Waals surface area contributed by atoms with Crippen LogP contribution in [0.2, 0.25) is 0 Å². The molecule has 18 heavy (non-hydrogen) atoms. The molecule has 0 amide bonds. The molecule has 0 aliphatic carbocycles. The second kappa shape index (κ2) is 5.87. The van der Waals surface area contributed by atoms with Gasteiger partial charge in [0.05, 0.1) is 12.2 Å². The van der Waals surface area contributed by atoms with Gasteiger partial charge in [0.1, 0.15) is 5.60 Å². The smallest absolute Gasteiger partial charge is 0.105 e. The molecule has 2 aliphatic rings. The van der Waals surface area contributed by atoms with E-state index >= 15 is 0 Å². The molecule has 0 aromatic carbocycles. The highest BCUT2D eigenvalue weighted by Crippen LogP contribution is 2.26. The van der Waals surface area contributed by atoms with Gasteiger partial charge in [0, 0.05) is 32.2 Å². The van der Waals surface area contributed by atoms with Gasteiger partial charge in [0.15, 0.2) is 0 Å². The molecule has 2 heterocycles. The molecule has 0 aromatic heterocycles. The first-order chi connectivity index (χ1) is 8.51. The third kappa shape index (κ3) is 3.23. The van der Waals surface area contributed by atoms with E-state index in [1.807, 2.05) is 6.92 Å². The number of hydrogen-bond acceptors (Lipinski definition) is 4. The molecule has 4 heteroatoms. The Bertz CT molecular complexity index is 272. The standard InChI is InChI=1S/C14H27NO3/c1-10(2)13-8-12(4-6-18-13)15-9-14(16)5-7-17-11(14)3/h10-13,15-16H,4-9H2,1-3H3. The largest absolute Gasteiger partial charge is 0.386 e. The maximum Gasteiger partial charge on any atom is 0.105 e. The van der Waals surface area contributed by atoms with Gasteiger partial charge in [-0.15, -0.1) is 0 Å². The molecule has 2 rings (SSSR count). The topological polar surface area (TPSA) is 50.7 Å². The van der Waals surface area contributed by atoms with Gasteiger partial charge in [-0.25, -0.2) is 0 Å². The fourth-order valence-electron chi connectivity index (χ4n) is 2.80. The van der Waals surface area contributed by atoms with Crippen molar-refractivity contribution in [2.24, 2.45) is 5.92 Å². The molecule has 4 nitrogen and oxygen atoms in total. The summed E-state index contributed by atoms with van der Waals surface area (Å²) in [5.41, 5.74) is -0.689. The van der Waals surface area contributed by atoms with E-state index in [1.165, 1.54) is 0 Å². The first kappa shape index (κ1) is 14.3. The predicted octanol–water partition coefficient (Wildman–Crippen LogP) is 1.32. The summed E-state index contributed by atoms with van der Waals surface area (Å²) in [5.74, 6) is 0.562. The molecule has 106 valence electrons. The van der Waals surface area contributed by atoms with E-state index in [-0.39, 0.29) is 6.10 Å². The van der Waals surface area contributed by atoms with E-state index in [1.54, 1.807) is 0 Å². The van der Waals surface area contributed by atoms with E-state index in [2.05, 4.69) is 19.2 Å². The van der Waals surface area contributed by atoms with E-state index in [4.69, 9.17) is 9.47 Å². The molecule has 2 aliphatic heterocycles. The van der Waals surface area contributed by atoms with Crippen LogP contribution in [-0.4, -0.2) is 48.7 Å². The van der Waals surface area contributed by atoms with Gasteiger partial charge in [-0.05, 0) is 25.7 Å². The fourth-order valence-corrected chi connectivity index (χ4v) is 2.80. The minimum Gasteiger partial charge on any atom is -0.386 e. The lowest BCUT2D eigenvalue weighted by molar-refractivity contribution is -0.0440. The van der Waals surface area contributed by atoms with Crippen LogP contribution < -0.4 is 5.32 Å². The Kier molecular flexibility index (Phi) is 4.64. The van der Waals surface area contributed by atoms with Crippen molar-refractivity contribution >= 4 is 0 Å². The summed E-state index contributed by atoms with van der Waals surface area (Å²) < 4.78 is 11.2. The van der Waals surface area contributed by atoms with Gasteiger partial charge in [-0.2, -0.15) is 0 Å². The van der Waals surface area contributed by atoms with Crippen molar-refractivity contribution in [1.29, 1.82) is 0 Å². The Morgan fingerprint density at radius 1 is 1.33 bits per heavy atom. The van der Waals surface area contributed by atoms with Crippen molar-refractivity contribution in [2.75, 3.05) is 19.8 Å². The molecular formula is C14H27NO3. The van der Waals surface area contributed by atoms with Crippen molar-refractivity contribution in [1.82, 2.24) is 5.32 Å². The minimum absolute atomic E-state index is 0.0641. The lowest BCUT2D eigenvalue weighted by atomic mass is 9.93. The zero-order chi connectivity index (χ0) is 13.2. The zero-order valence-corrected chi connectivity index (χ0v) is 11.8. The summed E-state index contributed by atoms with van der Waals surface area (Å²) in [6.45, 7) is 8.48. The highest BCUT2D eigenvalue weighted by molar-refractivity contribution is 4.93. The molecule has 0 spiro atoms. The van der Waals surface area contributed by atoms with E-state index in [0.29, 0.717) is 31.2 Å². The highest BCUT2D eigenvalue weighted by atomic mass is 16.5. The second-order valence-electron chi connectivity index (χ2n) is 6.12. The maximum absolute atomic E-state index is 10.4. The van der Waals surface area contributed by atoms with Crippen molar-refractivity contribution in [2.45, 2.75) is 63.9 Å². The van der Waals surface area contributed by atoms with Crippen LogP contribution in [-0.2, 0) is 9.47 Å². The summed E-state index contributed by atoms with van der Waals surface area (Å²) in [7, 11) is 0. The Hall–Kier alpha value is -0.160. The zero-order valence-electron chi connectivity index (χ0n) is 11.8. The van der Waals surface area contributed by atoms with Crippen LogP contribution in [0.5, 0.6) is 0 Å². The van der Waals surface area contributed by atoms with Gasteiger partial charge in [0.25, 0.3) is 0 Å². The van der Waals surface area contributed by atoms with Gasteiger partial charge >= 0.3 is 0 Å². The molecule has 2 N–H and O–H groups in total. The number of rotatable bonds is 4. The summed E-state index contributed by atoms with van der Waals surface area (Å²) >= 11 is 0. The molecule has 2 fully saturated rings. The molecule has 4 unspecified atom stereocenters. The molecule has 2 saturated heterocycles. The Labute approximate surface area is 110 Å².